The van der Waals surface area contributed by atoms with E-state index in [2.05, 4.69) is 5.32 Å². The molecule has 1 unspecified atom stereocenters. The van der Waals surface area contributed by atoms with Crippen LogP contribution in [0.5, 0.6) is 0 Å². The van der Waals surface area contributed by atoms with Gasteiger partial charge in [0.05, 0.1) is 12.9 Å². The molecule has 2 aromatic heterocycles. The third-order valence-corrected chi connectivity index (χ3v) is 4.25. The summed E-state index contributed by atoms with van der Waals surface area (Å²) in [5.74, 6) is 0.359. The molecule has 1 amide bonds. The maximum atomic E-state index is 12.1. The Kier molecular flexibility index (Phi) is 4.46. The molecule has 1 atom stereocenters. The summed E-state index contributed by atoms with van der Waals surface area (Å²) in [7, 11) is 0. The smallest absolute Gasteiger partial charge is 0.263 e. The molecule has 0 aromatic carbocycles. The van der Waals surface area contributed by atoms with Gasteiger partial charge in [0.2, 0.25) is 0 Å². The van der Waals surface area contributed by atoms with Gasteiger partial charge in [-0.25, -0.2) is 0 Å². The molecule has 2 N–H and O–H groups in total. The fourth-order valence-electron chi connectivity index (χ4n) is 1.54. The lowest BCUT2D eigenvalue weighted by atomic mass is 10.2. The minimum atomic E-state index is -0.510. The average molecular weight is 283 g/mol. The molecule has 2 aromatic rings. The Morgan fingerprint density at radius 1 is 1.61 bits per heavy atom. The highest BCUT2D eigenvalue weighted by atomic mass is 32.2. The molecule has 0 radical (unpaired) electrons. The molecular formula is C12H13NO3S2. The number of nitrogens with one attached hydrogen (secondary N) is 1. The van der Waals surface area contributed by atoms with Crippen LogP contribution >= 0.6 is 23.1 Å². The van der Waals surface area contributed by atoms with Crippen molar-refractivity contribution in [2.24, 2.45) is 0 Å². The molecule has 0 saturated carbocycles. The molecule has 0 aliphatic carbocycles. The van der Waals surface area contributed by atoms with Crippen LogP contribution in [0.25, 0.3) is 0 Å². The number of furan rings is 1. The summed E-state index contributed by atoms with van der Waals surface area (Å²) in [6, 6.07) is 4.85. The van der Waals surface area contributed by atoms with Gasteiger partial charge in [0, 0.05) is 4.90 Å². The van der Waals surface area contributed by atoms with Gasteiger partial charge >= 0.3 is 0 Å². The number of aliphatic hydroxyl groups is 1. The Morgan fingerprint density at radius 3 is 3.06 bits per heavy atom. The zero-order chi connectivity index (χ0) is 13.0. The third-order valence-electron chi connectivity index (χ3n) is 2.43. The second-order valence-corrected chi connectivity index (χ2v) is 5.31. The van der Waals surface area contributed by atoms with E-state index < -0.39 is 6.04 Å². The molecule has 2 heterocycles. The molecule has 18 heavy (non-hydrogen) atoms. The Labute approximate surface area is 113 Å². The van der Waals surface area contributed by atoms with E-state index in [0.29, 0.717) is 10.6 Å². The quantitative estimate of drug-likeness (QED) is 0.828. The molecule has 0 saturated heterocycles. The zero-order valence-corrected chi connectivity index (χ0v) is 11.4. The van der Waals surface area contributed by atoms with Crippen LogP contribution in [0.3, 0.4) is 0 Å². The Balaban J connectivity index is 2.11. The number of hydrogen-bond donors (Lipinski definition) is 2. The molecule has 0 spiro atoms. The summed E-state index contributed by atoms with van der Waals surface area (Å²) in [6.45, 7) is -0.195. The monoisotopic (exact) mass is 283 g/mol. The van der Waals surface area contributed by atoms with Crippen molar-refractivity contribution in [2.75, 3.05) is 12.9 Å². The summed E-state index contributed by atoms with van der Waals surface area (Å²) in [4.78, 5) is 13.7. The van der Waals surface area contributed by atoms with Gasteiger partial charge in [-0.05, 0) is 29.8 Å². The molecule has 4 nitrogen and oxygen atoms in total. The van der Waals surface area contributed by atoms with Crippen LogP contribution in [0.4, 0.5) is 0 Å². The minimum Gasteiger partial charge on any atom is -0.467 e. The molecule has 0 aliphatic rings. The molecule has 2 rings (SSSR count). The minimum absolute atomic E-state index is 0.190. The number of thiophene rings is 1. The first-order chi connectivity index (χ1) is 8.76. The van der Waals surface area contributed by atoms with Gasteiger partial charge in [-0.1, -0.05) is 0 Å². The van der Waals surface area contributed by atoms with Crippen molar-refractivity contribution in [3.8, 4) is 0 Å². The van der Waals surface area contributed by atoms with Gasteiger partial charge in [-0.15, -0.1) is 23.1 Å². The van der Waals surface area contributed by atoms with E-state index in [1.165, 1.54) is 29.4 Å². The number of carbonyl (C=O) groups is 1. The molecule has 0 fully saturated rings. The van der Waals surface area contributed by atoms with Crippen LogP contribution < -0.4 is 5.32 Å². The van der Waals surface area contributed by atoms with E-state index in [0.717, 1.165) is 4.90 Å². The predicted octanol–water partition coefficient (Wildman–Crippen LogP) is 2.53. The maximum absolute atomic E-state index is 12.1. The summed E-state index contributed by atoms with van der Waals surface area (Å²) in [6.07, 6.45) is 3.44. The summed E-state index contributed by atoms with van der Waals surface area (Å²) >= 11 is 2.91. The van der Waals surface area contributed by atoms with E-state index in [1.54, 1.807) is 12.1 Å². The first kappa shape index (κ1) is 13.2. The highest BCUT2D eigenvalue weighted by Crippen LogP contribution is 2.26. The van der Waals surface area contributed by atoms with Crippen molar-refractivity contribution in [3.05, 3.63) is 40.5 Å². The highest BCUT2D eigenvalue weighted by molar-refractivity contribution is 7.98. The topological polar surface area (TPSA) is 62.5 Å². The molecule has 0 aliphatic heterocycles. The number of hydrogen-bond acceptors (Lipinski definition) is 5. The summed E-state index contributed by atoms with van der Waals surface area (Å²) in [5.41, 5.74) is 0. The lowest BCUT2D eigenvalue weighted by molar-refractivity contribution is 0.0909. The Hall–Kier alpha value is -1.24. The van der Waals surface area contributed by atoms with Gasteiger partial charge in [0.1, 0.15) is 16.7 Å². The van der Waals surface area contributed by atoms with Gasteiger partial charge in [-0.2, -0.15) is 0 Å². The molecule has 0 bridgehead atoms. The lowest BCUT2D eigenvalue weighted by Gasteiger charge is -2.13. The Morgan fingerprint density at radius 2 is 2.44 bits per heavy atom. The van der Waals surface area contributed by atoms with E-state index in [4.69, 9.17) is 4.42 Å². The van der Waals surface area contributed by atoms with Gasteiger partial charge < -0.3 is 14.8 Å². The van der Waals surface area contributed by atoms with Gasteiger partial charge in [0.15, 0.2) is 0 Å². The van der Waals surface area contributed by atoms with Crippen LogP contribution in [0, 0.1) is 0 Å². The van der Waals surface area contributed by atoms with E-state index in [1.807, 2.05) is 17.7 Å². The van der Waals surface area contributed by atoms with Crippen LogP contribution in [0.15, 0.2) is 39.2 Å². The van der Waals surface area contributed by atoms with E-state index >= 15 is 0 Å². The van der Waals surface area contributed by atoms with Crippen LogP contribution in [-0.2, 0) is 0 Å². The lowest BCUT2D eigenvalue weighted by Crippen LogP contribution is -2.30. The number of thioether (sulfide) groups is 1. The maximum Gasteiger partial charge on any atom is 0.263 e. The average Bonchev–Trinajstić information content (AvgIpc) is 3.05. The molecule has 96 valence electrons. The first-order valence-corrected chi connectivity index (χ1v) is 7.43. The SMILES string of the molecule is CSc1ccsc1C(=O)NC(CO)c1ccco1. The van der Waals surface area contributed by atoms with Crippen molar-refractivity contribution >= 4 is 29.0 Å². The van der Waals surface area contributed by atoms with Crippen LogP contribution in [-0.4, -0.2) is 23.9 Å². The molecule has 6 heteroatoms. The standard InChI is InChI=1S/C12H13NO3S2/c1-17-10-4-6-18-11(10)12(15)13-8(7-14)9-3-2-5-16-9/h2-6,8,14H,7H2,1H3,(H,13,15). The van der Waals surface area contributed by atoms with Crippen molar-refractivity contribution < 1.29 is 14.3 Å². The van der Waals surface area contributed by atoms with Crippen molar-refractivity contribution in [1.82, 2.24) is 5.32 Å². The summed E-state index contributed by atoms with van der Waals surface area (Å²) in [5, 5.41) is 13.9. The van der Waals surface area contributed by atoms with Crippen LogP contribution in [0.1, 0.15) is 21.5 Å². The van der Waals surface area contributed by atoms with E-state index in [9.17, 15) is 9.90 Å². The number of amides is 1. The summed E-state index contributed by atoms with van der Waals surface area (Å²) < 4.78 is 5.18. The largest absolute Gasteiger partial charge is 0.467 e. The second kappa shape index (κ2) is 6.08. The van der Waals surface area contributed by atoms with Crippen LogP contribution in [0.2, 0.25) is 0 Å². The number of carbonyl (C=O) groups excluding carboxylic acids is 1. The van der Waals surface area contributed by atoms with E-state index in [-0.39, 0.29) is 12.5 Å². The molecular weight excluding hydrogens is 270 g/mol. The van der Waals surface area contributed by atoms with Crippen molar-refractivity contribution in [3.63, 3.8) is 0 Å². The number of rotatable bonds is 5. The second-order valence-electron chi connectivity index (χ2n) is 3.54. The normalized spacial score (nSPS) is 12.3. The highest BCUT2D eigenvalue weighted by Gasteiger charge is 2.19. The fourth-order valence-corrected chi connectivity index (χ4v) is 3.20. The third kappa shape index (κ3) is 2.77. The predicted molar refractivity (Wildman–Crippen MR) is 72.1 cm³/mol. The van der Waals surface area contributed by atoms with Crippen molar-refractivity contribution in [2.45, 2.75) is 10.9 Å². The van der Waals surface area contributed by atoms with Gasteiger partial charge in [-0.3, -0.25) is 4.79 Å². The number of aliphatic hydroxyl groups excluding tert-OH is 1. The first-order valence-electron chi connectivity index (χ1n) is 5.33. The van der Waals surface area contributed by atoms with Crippen molar-refractivity contribution in [1.29, 1.82) is 0 Å². The van der Waals surface area contributed by atoms with Gasteiger partial charge in [0.25, 0.3) is 5.91 Å². The Bertz CT molecular complexity index is 507. The fraction of sp³-hybridized carbons (Fsp3) is 0.250. The zero-order valence-electron chi connectivity index (χ0n) is 9.75.